The highest BCUT2D eigenvalue weighted by molar-refractivity contribution is 5.79. The van der Waals surface area contributed by atoms with Crippen LogP contribution in [0.15, 0.2) is 0 Å². The maximum atomic E-state index is 12.5. The van der Waals surface area contributed by atoms with Crippen LogP contribution >= 0.6 is 0 Å². The van der Waals surface area contributed by atoms with Crippen LogP contribution < -0.4 is 5.73 Å². The first-order valence-electron chi connectivity index (χ1n) is 8.57. The molecule has 1 amide bonds. The van der Waals surface area contributed by atoms with E-state index in [0.29, 0.717) is 5.91 Å². The van der Waals surface area contributed by atoms with Crippen molar-refractivity contribution in [2.45, 2.75) is 38.1 Å². The van der Waals surface area contributed by atoms with Crippen LogP contribution in [0, 0.1) is 11.8 Å². The van der Waals surface area contributed by atoms with Crippen LogP contribution in [-0.2, 0) is 9.53 Å². The zero-order chi connectivity index (χ0) is 14.7. The van der Waals surface area contributed by atoms with E-state index in [1.54, 1.807) is 0 Å². The number of nitrogens with zero attached hydrogens (tertiary/aromatic N) is 2. The summed E-state index contributed by atoms with van der Waals surface area (Å²) in [6.45, 7) is 6.88. The van der Waals surface area contributed by atoms with Crippen molar-refractivity contribution in [2.75, 3.05) is 45.9 Å². The van der Waals surface area contributed by atoms with Crippen molar-refractivity contribution < 1.29 is 9.53 Å². The molecule has 2 aliphatic heterocycles. The molecular weight excluding hydrogens is 266 g/mol. The second-order valence-electron chi connectivity index (χ2n) is 6.95. The minimum absolute atomic E-state index is 0.196. The van der Waals surface area contributed by atoms with Crippen LogP contribution in [0.1, 0.15) is 32.1 Å². The van der Waals surface area contributed by atoms with Crippen molar-refractivity contribution in [3.05, 3.63) is 0 Å². The van der Waals surface area contributed by atoms with Gasteiger partial charge in [0.25, 0.3) is 0 Å². The number of piperazine rings is 1. The molecule has 120 valence electrons. The summed E-state index contributed by atoms with van der Waals surface area (Å²) in [4.78, 5) is 17.1. The summed E-state index contributed by atoms with van der Waals surface area (Å²) in [5, 5.41) is 0. The molecule has 2 saturated heterocycles. The topological polar surface area (TPSA) is 58.8 Å². The second kappa shape index (κ2) is 7.07. The molecule has 2 N–H and O–H groups in total. The molecule has 5 heteroatoms. The number of ether oxygens (including phenoxy) is 1. The Balaban J connectivity index is 1.41. The van der Waals surface area contributed by atoms with E-state index < -0.39 is 0 Å². The van der Waals surface area contributed by atoms with Gasteiger partial charge in [-0.2, -0.15) is 0 Å². The third-order valence-electron chi connectivity index (χ3n) is 5.36. The molecule has 0 spiro atoms. The van der Waals surface area contributed by atoms with E-state index in [9.17, 15) is 4.79 Å². The Labute approximate surface area is 127 Å². The smallest absolute Gasteiger partial charge is 0.225 e. The Hall–Kier alpha value is -0.650. The number of carbonyl (C=O) groups is 1. The molecule has 21 heavy (non-hydrogen) atoms. The minimum Gasteiger partial charge on any atom is -0.381 e. The number of rotatable bonds is 3. The number of carbonyl (C=O) groups excluding carboxylic acids is 1. The highest BCUT2D eigenvalue weighted by Crippen LogP contribution is 2.26. The normalized spacial score (nSPS) is 32.5. The van der Waals surface area contributed by atoms with Gasteiger partial charge in [0.15, 0.2) is 0 Å². The third kappa shape index (κ3) is 3.96. The van der Waals surface area contributed by atoms with Gasteiger partial charge in [-0.1, -0.05) is 0 Å². The number of hydrogen-bond acceptors (Lipinski definition) is 4. The zero-order valence-corrected chi connectivity index (χ0v) is 13.0. The van der Waals surface area contributed by atoms with Gasteiger partial charge in [0.2, 0.25) is 5.91 Å². The number of nitrogens with two attached hydrogens (primary N) is 1. The molecule has 0 aromatic heterocycles. The summed E-state index contributed by atoms with van der Waals surface area (Å²) in [6, 6.07) is 0.244. The monoisotopic (exact) mass is 295 g/mol. The molecule has 2 atom stereocenters. The highest BCUT2D eigenvalue weighted by atomic mass is 16.5. The van der Waals surface area contributed by atoms with Crippen LogP contribution in [0.2, 0.25) is 0 Å². The largest absolute Gasteiger partial charge is 0.381 e. The lowest BCUT2D eigenvalue weighted by molar-refractivity contribution is -0.137. The van der Waals surface area contributed by atoms with E-state index in [-0.39, 0.29) is 12.0 Å². The summed E-state index contributed by atoms with van der Waals surface area (Å²) >= 11 is 0. The standard InChI is InChI=1S/C16H29N3O2/c17-15-2-1-14(11-15)16(20)19-7-5-18(6-8-19)12-13-3-9-21-10-4-13/h13-15H,1-12,17H2. The molecule has 5 nitrogen and oxygen atoms in total. The summed E-state index contributed by atoms with van der Waals surface area (Å²) in [7, 11) is 0. The fourth-order valence-electron chi connectivity index (χ4n) is 3.94. The maximum Gasteiger partial charge on any atom is 0.225 e. The SMILES string of the molecule is NC1CCC(C(=O)N2CCN(CC3CCOCC3)CC2)C1. The predicted octanol–water partition coefficient (Wildman–Crippen LogP) is 0.685. The Kier molecular flexibility index (Phi) is 5.14. The third-order valence-corrected chi connectivity index (χ3v) is 5.36. The Bertz CT molecular complexity index is 349. The Morgan fingerprint density at radius 1 is 1.05 bits per heavy atom. The van der Waals surface area contributed by atoms with E-state index in [4.69, 9.17) is 10.5 Å². The molecule has 3 aliphatic rings. The zero-order valence-electron chi connectivity index (χ0n) is 13.0. The van der Waals surface area contributed by atoms with E-state index in [1.165, 1.54) is 19.4 Å². The van der Waals surface area contributed by atoms with Crippen molar-refractivity contribution >= 4 is 5.91 Å². The van der Waals surface area contributed by atoms with Gasteiger partial charge >= 0.3 is 0 Å². The maximum absolute atomic E-state index is 12.5. The summed E-state index contributed by atoms with van der Waals surface area (Å²) in [5.74, 6) is 1.34. The molecule has 2 unspecified atom stereocenters. The van der Waals surface area contributed by atoms with Gasteiger partial charge in [-0.15, -0.1) is 0 Å². The van der Waals surface area contributed by atoms with Crippen molar-refractivity contribution in [2.24, 2.45) is 17.6 Å². The Morgan fingerprint density at radius 2 is 1.76 bits per heavy atom. The summed E-state index contributed by atoms with van der Waals surface area (Å²) in [6.07, 6.45) is 5.28. The minimum atomic E-state index is 0.196. The van der Waals surface area contributed by atoms with Gasteiger partial charge < -0.3 is 15.4 Å². The lowest BCUT2D eigenvalue weighted by Gasteiger charge is -2.38. The van der Waals surface area contributed by atoms with Crippen LogP contribution in [0.3, 0.4) is 0 Å². The molecule has 0 radical (unpaired) electrons. The van der Waals surface area contributed by atoms with E-state index in [1.807, 2.05) is 0 Å². The van der Waals surface area contributed by atoms with Gasteiger partial charge in [0.05, 0.1) is 0 Å². The molecule has 3 fully saturated rings. The average Bonchev–Trinajstić information content (AvgIpc) is 2.95. The number of hydrogen-bond donors (Lipinski definition) is 1. The summed E-state index contributed by atoms with van der Waals surface area (Å²) < 4.78 is 5.42. The Morgan fingerprint density at radius 3 is 2.38 bits per heavy atom. The van der Waals surface area contributed by atoms with E-state index in [0.717, 1.165) is 64.6 Å². The van der Waals surface area contributed by atoms with Crippen LogP contribution in [0.4, 0.5) is 0 Å². The highest BCUT2D eigenvalue weighted by Gasteiger charge is 2.32. The van der Waals surface area contributed by atoms with E-state index in [2.05, 4.69) is 9.80 Å². The predicted molar refractivity (Wildman–Crippen MR) is 81.9 cm³/mol. The molecule has 2 heterocycles. The fourth-order valence-corrected chi connectivity index (χ4v) is 3.94. The van der Waals surface area contributed by atoms with Gasteiger partial charge in [-0.05, 0) is 38.0 Å². The van der Waals surface area contributed by atoms with Gasteiger partial charge in [0, 0.05) is 57.9 Å². The molecule has 1 saturated carbocycles. The quantitative estimate of drug-likeness (QED) is 0.832. The first-order valence-corrected chi connectivity index (χ1v) is 8.57. The first kappa shape index (κ1) is 15.3. The average molecular weight is 295 g/mol. The molecule has 0 aromatic rings. The number of amides is 1. The first-order chi connectivity index (χ1) is 10.2. The lowest BCUT2D eigenvalue weighted by atomic mass is 9.99. The summed E-state index contributed by atoms with van der Waals surface area (Å²) in [5.41, 5.74) is 5.93. The molecule has 3 rings (SSSR count). The lowest BCUT2D eigenvalue weighted by Crippen LogP contribution is -2.51. The van der Waals surface area contributed by atoms with Crippen LogP contribution in [-0.4, -0.2) is 67.7 Å². The van der Waals surface area contributed by atoms with Crippen molar-refractivity contribution in [3.63, 3.8) is 0 Å². The van der Waals surface area contributed by atoms with Gasteiger partial charge in [-0.3, -0.25) is 9.69 Å². The van der Waals surface area contributed by atoms with Crippen molar-refractivity contribution in [1.82, 2.24) is 9.80 Å². The van der Waals surface area contributed by atoms with E-state index >= 15 is 0 Å². The van der Waals surface area contributed by atoms with Crippen molar-refractivity contribution in [3.8, 4) is 0 Å². The van der Waals surface area contributed by atoms with Crippen LogP contribution in [0.25, 0.3) is 0 Å². The second-order valence-corrected chi connectivity index (χ2v) is 6.95. The molecule has 1 aliphatic carbocycles. The van der Waals surface area contributed by atoms with Gasteiger partial charge in [0.1, 0.15) is 0 Å². The van der Waals surface area contributed by atoms with Crippen molar-refractivity contribution in [1.29, 1.82) is 0 Å². The molecule has 0 aromatic carbocycles. The van der Waals surface area contributed by atoms with Crippen LogP contribution in [0.5, 0.6) is 0 Å². The molecular formula is C16H29N3O2. The molecule has 0 bridgehead atoms. The fraction of sp³-hybridized carbons (Fsp3) is 0.938. The van der Waals surface area contributed by atoms with Gasteiger partial charge in [-0.25, -0.2) is 0 Å².